The molecule has 0 atom stereocenters. The highest BCUT2D eigenvalue weighted by atomic mass is 16.6. The third-order valence-electron chi connectivity index (χ3n) is 23.8. The van der Waals surface area contributed by atoms with E-state index in [1.807, 2.05) is 6.07 Å². The monoisotopic (exact) mass is 1690 g/mol. The maximum Gasteiger partial charge on any atom is 0.251 e. The lowest BCUT2D eigenvalue weighted by molar-refractivity contribution is -0.0693. The minimum atomic E-state index is -0.179. The molecule has 5 aromatic rings. The molecule has 0 saturated carbocycles. The van der Waals surface area contributed by atoms with Crippen molar-refractivity contribution in [3.05, 3.63) is 107 Å². The van der Waals surface area contributed by atoms with Gasteiger partial charge in [0.1, 0.15) is 0 Å². The van der Waals surface area contributed by atoms with Crippen LogP contribution in [0.2, 0.25) is 0 Å². The Morgan fingerprint density at radius 2 is 0.645 bits per heavy atom. The number of amides is 4. The second-order valence-electron chi connectivity index (χ2n) is 31.3. The Labute approximate surface area is 720 Å². The van der Waals surface area contributed by atoms with Crippen molar-refractivity contribution in [1.82, 2.24) is 36.0 Å². The van der Waals surface area contributed by atoms with Crippen molar-refractivity contribution in [3.8, 4) is 69.0 Å². The first-order valence-electron chi connectivity index (χ1n) is 43.5. The highest BCUT2D eigenvalue weighted by molar-refractivity contribution is 5.97. The molecule has 5 saturated heterocycles. The number of rotatable bonds is 43. The Morgan fingerprint density at radius 1 is 0.364 bits per heavy atom. The summed E-state index contributed by atoms with van der Waals surface area (Å²) in [5, 5.41) is 12.5. The molecule has 5 aliphatic rings. The van der Waals surface area contributed by atoms with Crippen LogP contribution in [0.25, 0.3) is 0 Å². The largest absolute Gasteiger partial charge is 0.493 e. The third kappa shape index (κ3) is 28.9. The lowest BCUT2D eigenvalue weighted by atomic mass is 9.78. The summed E-state index contributed by atoms with van der Waals surface area (Å²) in [5.41, 5.74) is 2.95. The number of ether oxygens (including phenoxy) is 17. The molecule has 0 aromatic heterocycles. The van der Waals surface area contributed by atoms with E-state index in [1.54, 1.807) is 105 Å². The summed E-state index contributed by atoms with van der Waals surface area (Å²) in [7, 11) is 16.8. The van der Waals surface area contributed by atoms with E-state index < -0.39 is 0 Å². The Hall–Kier alpha value is -8.74. The molecule has 10 rings (SSSR count). The summed E-state index contributed by atoms with van der Waals surface area (Å²) in [6.07, 6.45) is 16.1. The Morgan fingerprint density at radius 3 is 0.942 bits per heavy atom. The van der Waals surface area contributed by atoms with Crippen LogP contribution in [0.1, 0.15) is 198 Å². The van der Waals surface area contributed by atoms with Crippen molar-refractivity contribution in [3.63, 3.8) is 0 Å². The summed E-state index contributed by atoms with van der Waals surface area (Å²) in [4.78, 5) is 59.1. The zero-order valence-corrected chi connectivity index (χ0v) is 75.5. The number of carbonyl (C=O) groups is 4. The Kier molecular flexibility index (Phi) is 43.2. The van der Waals surface area contributed by atoms with Crippen LogP contribution in [0.4, 0.5) is 0 Å². The van der Waals surface area contributed by atoms with Crippen LogP contribution in [0.15, 0.2) is 78.9 Å². The molecule has 676 valence electrons. The van der Waals surface area contributed by atoms with Crippen molar-refractivity contribution in [2.24, 2.45) is 5.41 Å². The number of unbranched alkanes of at least 4 members (excludes halogenated alkanes) is 4. The first-order valence-corrected chi connectivity index (χ1v) is 43.5. The van der Waals surface area contributed by atoms with Crippen LogP contribution in [-0.2, 0) is 30.2 Å². The topological polar surface area (TPSA) is 283 Å². The number of nitrogens with one attached hydrogen (secondary N) is 4. The van der Waals surface area contributed by atoms with Gasteiger partial charge in [0.05, 0.1) is 96.5 Å². The third-order valence-corrected chi connectivity index (χ3v) is 23.8. The van der Waals surface area contributed by atoms with E-state index in [2.05, 4.69) is 116 Å². The van der Waals surface area contributed by atoms with Gasteiger partial charge in [-0.15, -0.1) is 0 Å². The minimum Gasteiger partial charge on any atom is -0.493 e. The van der Waals surface area contributed by atoms with Crippen molar-refractivity contribution in [1.29, 1.82) is 0 Å². The zero-order valence-electron chi connectivity index (χ0n) is 75.5. The molecule has 28 heteroatoms. The number of hydrogen-bond acceptors (Lipinski definition) is 24. The van der Waals surface area contributed by atoms with E-state index in [0.29, 0.717) is 183 Å². The Balaban J connectivity index is 0.000000223. The van der Waals surface area contributed by atoms with E-state index >= 15 is 0 Å². The van der Waals surface area contributed by atoms with Gasteiger partial charge in [0.25, 0.3) is 23.6 Å². The fourth-order valence-electron chi connectivity index (χ4n) is 15.4. The normalized spacial score (nSPS) is 16.4. The van der Waals surface area contributed by atoms with Gasteiger partial charge in [-0.1, -0.05) is 97.6 Å². The minimum absolute atomic E-state index is 0.0833. The summed E-state index contributed by atoms with van der Waals surface area (Å²) < 4.78 is 95.0. The average molecular weight is 1700 g/mol. The lowest BCUT2D eigenvalue weighted by Crippen LogP contribution is -2.61. The summed E-state index contributed by atoms with van der Waals surface area (Å²) >= 11 is 0. The Bertz CT molecular complexity index is 3780. The fraction of sp³-hybridized carbons (Fsp3) is 0.634. The summed E-state index contributed by atoms with van der Waals surface area (Å²) in [6.45, 7) is 28.0. The van der Waals surface area contributed by atoms with Gasteiger partial charge in [-0.2, -0.15) is 0 Å². The molecule has 0 radical (unpaired) electrons. The summed E-state index contributed by atoms with van der Waals surface area (Å²) in [6, 6.07) is 24.1. The molecule has 5 heterocycles. The van der Waals surface area contributed by atoms with Crippen molar-refractivity contribution in [2.45, 2.75) is 174 Å². The van der Waals surface area contributed by atoms with E-state index in [1.165, 1.54) is 5.56 Å². The molecule has 0 aliphatic carbocycles. The fourth-order valence-corrected chi connectivity index (χ4v) is 15.4. The molecule has 5 fully saturated rings. The highest BCUT2D eigenvalue weighted by Crippen LogP contribution is 2.44. The highest BCUT2D eigenvalue weighted by Gasteiger charge is 2.42. The number of carbonyl (C=O) groups excluding carboxylic acids is 4. The predicted molar refractivity (Wildman–Crippen MR) is 469 cm³/mol. The van der Waals surface area contributed by atoms with Crippen LogP contribution < -0.4 is 78.1 Å². The van der Waals surface area contributed by atoms with Crippen LogP contribution in [0, 0.1) is 5.41 Å². The van der Waals surface area contributed by atoms with E-state index in [4.69, 9.17) is 80.5 Å². The molecule has 121 heavy (non-hydrogen) atoms. The first kappa shape index (κ1) is 99.4. The molecule has 0 spiro atoms. The number of methoxy groups -OCH3 is 8. The summed E-state index contributed by atoms with van der Waals surface area (Å²) in [5.74, 6) is 5.49. The van der Waals surface area contributed by atoms with Crippen molar-refractivity contribution in [2.75, 3.05) is 209 Å². The van der Waals surface area contributed by atoms with Gasteiger partial charge in [-0.3, -0.25) is 33.9 Å². The zero-order chi connectivity index (χ0) is 87.5. The number of hydrogen-bond donors (Lipinski definition) is 4. The average Bonchev–Trinajstić information content (AvgIpc) is 0.780. The maximum absolute atomic E-state index is 13.2. The molecule has 0 unspecified atom stereocenters. The second-order valence-corrected chi connectivity index (χ2v) is 31.3. The van der Waals surface area contributed by atoms with Gasteiger partial charge in [0.2, 0.25) is 23.0 Å². The number of nitrogens with zero attached hydrogens (tertiary/aromatic N) is 3. The van der Waals surface area contributed by atoms with Gasteiger partial charge >= 0.3 is 0 Å². The van der Waals surface area contributed by atoms with Gasteiger partial charge in [-0.05, 0) is 164 Å². The lowest BCUT2D eigenvalue weighted by Gasteiger charge is -2.47. The molecular formula is C93H143N7O21. The van der Waals surface area contributed by atoms with Gasteiger partial charge in [0, 0.05) is 138 Å². The van der Waals surface area contributed by atoms with Gasteiger partial charge in [0.15, 0.2) is 46.0 Å². The van der Waals surface area contributed by atoms with Crippen LogP contribution in [-0.4, -0.2) is 264 Å². The molecular weight excluding hydrogens is 1550 g/mol. The molecule has 4 amide bonds. The predicted octanol–water partition coefficient (Wildman–Crippen LogP) is 13.7. The molecule has 5 aromatic carbocycles. The van der Waals surface area contributed by atoms with E-state index in [9.17, 15) is 19.2 Å². The van der Waals surface area contributed by atoms with Gasteiger partial charge in [-0.25, -0.2) is 0 Å². The number of likely N-dealkylation sites (N-methyl/N-ethyl adjacent to an activating group) is 2. The van der Waals surface area contributed by atoms with Crippen LogP contribution in [0.5, 0.6) is 69.0 Å². The quantitative estimate of drug-likeness (QED) is 0.0264. The van der Waals surface area contributed by atoms with Crippen molar-refractivity contribution >= 4 is 23.6 Å². The van der Waals surface area contributed by atoms with Crippen LogP contribution in [0.3, 0.4) is 0 Å². The van der Waals surface area contributed by atoms with Crippen molar-refractivity contribution < 1.29 is 99.7 Å². The van der Waals surface area contributed by atoms with Gasteiger partial charge < -0.3 is 102 Å². The second kappa shape index (κ2) is 52.7. The maximum atomic E-state index is 13.2. The standard InChI is InChI=1S/C27H38N2O5.C23H36N2O6.C22H36N2O5.C21H33NO5/c1-5-6-14-34-25-23(31-3)17-22(18-24(25)32-4)26(30)28-20-27(12-15-33-16-13-27)29(2)19-21-10-8-7-9-11-21;1-4-5-10-31-21-19(27-2)15-18(16-20(21)28-3)22(26)24-17-23(6-11-29-12-7-23)25-8-13-30-14-9-25;1-6-8-11-29-20-18(26-4)14-17(15-19(20)27-5)21(25)23-16-22(24(3)7-2)9-12-28-13-10-22;1-5-7-10-27-19-17(24-3)13-16(14-18(19)25-4)20(23)22-15-21(6-2)8-11-26-12-9-21/h7-11,17-18H,5-6,12-16,19-20H2,1-4H3,(H,28,30);15-16H,4-14,17H2,1-3H3,(H,24,26);14-15H,6-13,16H2,1-5H3,(H,23,25);13-14H,5-12,15H2,1-4H3,(H,22,23). The van der Waals surface area contributed by atoms with E-state index in [0.717, 1.165) is 162 Å². The molecule has 0 bridgehead atoms. The first-order chi connectivity index (χ1) is 58.7. The number of morpholine rings is 1. The van der Waals surface area contributed by atoms with Crippen LogP contribution >= 0.6 is 0 Å². The number of benzene rings is 5. The molecule has 5 aliphatic heterocycles. The molecule has 4 N–H and O–H groups in total. The van der Waals surface area contributed by atoms with E-state index in [-0.39, 0.29) is 45.7 Å². The smallest absolute Gasteiger partial charge is 0.251 e. The molecule has 28 nitrogen and oxygen atoms in total. The SMILES string of the molecule is CCCCOc1c(OC)cc(C(=O)NCC2(CC)CCOCC2)cc1OC.CCCCOc1c(OC)cc(C(=O)NCC2(N(C)CC)CCOCC2)cc1OC.CCCCOc1c(OC)cc(C(=O)NCC2(N(C)Cc3ccccc3)CCOCC2)cc1OC.CCCCOc1c(OC)cc(C(=O)NCC2(N3CCOCC3)CCOCC2)cc1OC.